The van der Waals surface area contributed by atoms with Crippen LogP contribution in [0, 0.1) is 0 Å². The summed E-state index contributed by atoms with van der Waals surface area (Å²) in [4.78, 5) is 4.09. The third kappa shape index (κ3) is 3.91. The second kappa shape index (κ2) is 6.61. The van der Waals surface area contributed by atoms with Gasteiger partial charge in [-0.15, -0.1) is 0 Å². The average Bonchev–Trinajstić information content (AvgIpc) is 2.37. The first-order valence-corrected chi connectivity index (χ1v) is 6.15. The van der Waals surface area contributed by atoms with Crippen molar-refractivity contribution in [3.63, 3.8) is 0 Å². The van der Waals surface area contributed by atoms with Gasteiger partial charge in [-0.2, -0.15) is 0 Å². The van der Waals surface area contributed by atoms with E-state index in [-0.39, 0.29) is 0 Å². The molecule has 1 unspecified atom stereocenters. The SMILES string of the molecule is c1cncc(CCOCC2CCCCN2)c1. The van der Waals surface area contributed by atoms with Crippen molar-refractivity contribution < 1.29 is 4.74 Å². The molecule has 0 bridgehead atoms. The first kappa shape index (κ1) is 11.6. The lowest BCUT2D eigenvalue weighted by Crippen LogP contribution is -2.37. The van der Waals surface area contributed by atoms with Crippen molar-refractivity contribution in [3.05, 3.63) is 30.1 Å². The fourth-order valence-electron chi connectivity index (χ4n) is 2.03. The number of ether oxygens (including phenoxy) is 1. The van der Waals surface area contributed by atoms with Gasteiger partial charge in [-0.25, -0.2) is 0 Å². The molecule has 0 radical (unpaired) electrons. The van der Waals surface area contributed by atoms with Gasteiger partial charge in [0.15, 0.2) is 0 Å². The van der Waals surface area contributed by atoms with Crippen LogP contribution < -0.4 is 5.32 Å². The molecule has 0 amide bonds. The van der Waals surface area contributed by atoms with Crippen LogP contribution >= 0.6 is 0 Å². The fourth-order valence-corrected chi connectivity index (χ4v) is 2.03. The van der Waals surface area contributed by atoms with Gasteiger partial charge in [0, 0.05) is 18.4 Å². The number of piperidine rings is 1. The van der Waals surface area contributed by atoms with Crippen LogP contribution in [-0.2, 0) is 11.2 Å². The van der Waals surface area contributed by atoms with Crippen LogP contribution in [0.15, 0.2) is 24.5 Å². The van der Waals surface area contributed by atoms with E-state index in [1.807, 2.05) is 12.3 Å². The summed E-state index contributed by atoms with van der Waals surface area (Å²) in [5, 5.41) is 3.48. The molecule has 1 aliphatic rings. The Hall–Kier alpha value is -0.930. The molecular formula is C13H20N2O. The molecule has 1 saturated heterocycles. The van der Waals surface area contributed by atoms with Crippen molar-refractivity contribution in [2.75, 3.05) is 19.8 Å². The van der Waals surface area contributed by atoms with Gasteiger partial charge in [0.1, 0.15) is 0 Å². The van der Waals surface area contributed by atoms with Crippen LogP contribution in [0.2, 0.25) is 0 Å². The summed E-state index contributed by atoms with van der Waals surface area (Å²) in [5.74, 6) is 0. The molecule has 1 N–H and O–H groups in total. The molecule has 88 valence electrons. The van der Waals surface area contributed by atoms with Crippen molar-refractivity contribution in [1.29, 1.82) is 0 Å². The van der Waals surface area contributed by atoms with E-state index in [9.17, 15) is 0 Å². The Labute approximate surface area is 97.2 Å². The minimum absolute atomic E-state index is 0.572. The molecule has 3 heteroatoms. The highest BCUT2D eigenvalue weighted by Gasteiger charge is 2.11. The Bertz CT molecular complexity index is 283. The third-order valence-electron chi connectivity index (χ3n) is 2.99. The number of hydrogen-bond acceptors (Lipinski definition) is 3. The Morgan fingerprint density at radius 3 is 3.19 bits per heavy atom. The summed E-state index contributed by atoms with van der Waals surface area (Å²) in [5.41, 5.74) is 1.25. The molecule has 2 heterocycles. The number of rotatable bonds is 5. The van der Waals surface area contributed by atoms with Gasteiger partial charge in [-0.05, 0) is 37.4 Å². The molecular weight excluding hydrogens is 200 g/mol. The molecule has 1 aromatic heterocycles. The Kier molecular flexibility index (Phi) is 4.77. The van der Waals surface area contributed by atoms with Crippen molar-refractivity contribution in [2.45, 2.75) is 31.7 Å². The Morgan fingerprint density at radius 1 is 1.44 bits per heavy atom. The van der Waals surface area contributed by atoms with Crippen molar-refractivity contribution >= 4 is 0 Å². The lowest BCUT2D eigenvalue weighted by atomic mass is 10.1. The molecule has 0 spiro atoms. The summed E-state index contributed by atoms with van der Waals surface area (Å²) >= 11 is 0. The zero-order valence-corrected chi connectivity index (χ0v) is 9.69. The summed E-state index contributed by atoms with van der Waals surface area (Å²) in [6, 6.07) is 4.63. The van der Waals surface area contributed by atoms with E-state index < -0.39 is 0 Å². The second-order valence-corrected chi connectivity index (χ2v) is 4.33. The predicted molar refractivity (Wildman–Crippen MR) is 64.4 cm³/mol. The van der Waals surface area contributed by atoms with Gasteiger partial charge in [-0.3, -0.25) is 4.98 Å². The number of pyridine rings is 1. The van der Waals surface area contributed by atoms with E-state index in [0.717, 1.165) is 26.2 Å². The third-order valence-corrected chi connectivity index (χ3v) is 2.99. The smallest absolute Gasteiger partial charge is 0.0619 e. The van der Waals surface area contributed by atoms with Gasteiger partial charge < -0.3 is 10.1 Å². The van der Waals surface area contributed by atoms with Gasteiger partial charge in [0.2, 0.25) is 0 Å². The second-order valence-electron chi connectivity index (χ2n) is 4.33. The normalized spacial score (nSPS) is 20.9. The van der Waals surface area contributed by atoms with E-state index in [2.05, 4.69) is 16.4 Å². The molecule has 0 saturated carbocycles. The quantitative estimate of drug-likeness (QED) is 0.768. The van der Waals surface area contributed by atoms with Gasteiger partial charge >= 0.3 is 0 Å². The van der Waals surface area contributed by atoms with Gasteiger partial charge in [-0.1, -0.05) is 12.5 Å². The maximum atomic E-state index is 5.69. The largest absolute Gasteiger partial charge is 0.379 e. The molecule has 1 fully saturated rings. The monoisotopic (exact) mass is 220 g/mol. The predicted octanol–water partition coefficient (Wildman–Crippen LogP) is 1.78. The fraction of sp³-hybridized carbons (Fsp3) is 0.615. The van der Waals surface area contributed by atoms with Crippen molar-refractivity contribution in [2.24, 2.45) is 0 Å². The van der Waals surface area contributed by atoms with Crippen LogP contribution in [0.25, 0.3) is 0 Å². The molecule has 3 nitrogen and oxygen atoms in total. The van der Waals surface area contributed by atoms with Crippen LogP contribution in [0.3, 0.4) is 0 Å². The van der Waals surface area contributed by atoms with E-state index in [1.165, 1.54) is 24.8 Å². The molecule has 16 heavy (non-hydrogen) atoms. The summed E-state index contributed by atoms with van der Waals surface area (Å²) in [6.07, 6.45) is 8.57. The lowest BCUT2D eigenvalue weighted by Gasteiger charge is -2.23. The zero-order valence-electron chi connectivity index (χ0n) is 9.69. The van der Waals surface area contributed by atoms with Crippen molar-refractivity contribution in [1.82, 2.24) is 10.3 Å². The maximum Gasteiger partial charge on any atom is 0.0619 e. The maximum absolute atomic E-state index is 5.69. The minimum Gasteiger partial charge on any atom is -0.379 e. The topological polar surface area (TPSA) is 34.1 Å². The van der Waals surface area contributed by atoms with Crippen molar-refractivity contribution in [3.8, 4) is 0 Å². The number of nitrogens with zero attached hydrogens (tertiary/aromatic N) is 1. The lowest BCUT2D eigenvalue weighted by molar-refractivity contribution is 0.105. The summed E-state index contributed by atoms with van der Waals surface area (Å²) < 4.78 is 5.69. The van der Waals surface area contributed by atoms with Crippen LogP contribution in [0.1, 0.15) is 24.8 Å². The first-order valence-electron chi connectivity index (χ1n) is 6.15. The number of hydrogen-bond donors (Lipinski definition) is 1. The molecule has 1 aliphatic heterocycles. The van der Waals surface area contributed by atoms with Crippen LogP contribution in [0.4, 0.5) is 0 Å². The van der Waals surface area contributed by atoms with Crippen LogP contribution in [-0.4, -0.2) is 30.8 Å². The molecule has 2 rings (SSSR count). The Morgan fingerprint density at radius 2 is 2.44 bits per heavy atom. The highest BCUT2D eigenvalue weighted by molar-refractivity contribution is 5.08. The average molecular weight is 220 g/mol. The highest BCUT2D eigenvalue weighted by Crippen LogP contribution is 2.07. The molecule has 0 aliphatic carbocycles. The Balaban J connectivity index is 1.58. The molecule has 1 aromatic rings. The first-order chi connectivity index (χ1) is 7.95. The molecule has 0 aromatic carbocycles. The minimum atomic E-state index is 0.572. The molecule has 1 atom stereocenters. The number of aromatic nitrogens is 1. The number of nitrogens with one attached hydrogen (secondary N) is 1. The van der Waals surface area contributed by atoms with E-state index in [4.69, 9.17) is 4.74 Å². The van der Waals surface area contributed by atoms with E-state index >= 15 is 0 Å². The highest BCUT2D eigenvalue weighted by atomic mass is 16.5. The summed E-state index contributed by atoms with van der Waals surface area (Å²) in [7, 11) is 0. The standard InChI is InChI=1S/C13H20N2O/c1-2-8-15-13(5-1)11-16-9-6-12-4-3-7-14-10-12/h3-4,7,10,13,15H,1-2,5-6,8-9,11H2. The summed E-state index contributed by atoms with van der Waals surface area (Å²) in [6.45, 7) is 2.79. The van der Waals surface area contributed by atoms with Gasteiger partial charge in [0.25, 0.3) is 0 Å². The zero-order chi connectivity index (χ0) is 11.1. The van der Waals surface area contributed by atoms with Gasteiger partial charge in [0.05, 0.1) is 13.2 Å². The van der Waals surface area contributed by atoms with E-state index in [1.54, 1.807) is 6.20 Å². The van der Waals surface area contributed by atoms with Crippen LogP contribution in [0.5, 0.6) is 0 Å². The van der Waals surface area contributed by atoms with E-state index in [0.29, 0.717) is 6.04 Å².